The molecular formula is C14H23NO3. The van der Waals surface area contributed by atoms with Crippen LogP contribution in [0.3, 0.4) is 0 Å². The first-order valence-electron chi connectivity index (χ1n) is 6.86. The number of hydrogen-bond donors (Lipinski definition) is 3. The zero-order valence-electron chi connectivity index (χ0n) is 11.1. The predicted octanol–water partition coefficient (Wildman–Crippen LogP) is 0.979. The third-order valence-electron chi connectivity index (χ3n) is 4.43. The van der Waals surface area contributed by atoms with Gasteiger partial charge in [0.15, 0.2) is 0 Å². The smallest absolute Gasteiger partial charge is 0.226 e. The van der Waals surface area contributed by atoms with Crippen molar-refractivity contribution in [2.45, 2.75) is 57.3 Å². The molecule has 0 radical (unpaired) electrons. The van der Waals surface area contributed by atoms with Crippen LogP contribution in [0.5, 0.6) is 0 Å². The molecule has 1 amide bonds. The third kappa shape index (κ3) is 2.19. The molecule has 0 bridgehead atoms. The molecule has 1 fully saturated rings. The summed E-state index contributed by atoms with van der Waals surface area (Å²) in [6.45, 7) is 3.54. The first-order chi connectivity index (χ1) is 8.48. The quantitative estimate of drug-likeness (QED) is 0.657. The second-order valence-electron chi connectivity index (χ2n) is 5.69. The van der Waals surface area contributed by atoms with Crippen LogP contribution in [-0.2, 0) is 4.79 Å². The molecule has 18 heavy (non-hydrogen) atoms. The van der Waals surface area contributed by atoms with E-state index in [4.69, 9.17) is 0 Å². The van der Waals surface area contributed by atoms with Gasteiger partial charge >= 0.3 is 0 Å². The van der Waals surface area contributed by atoms with E-state index >= 15 is 0 Å². The second-order valence-corrected chi connectivity index (χ2v) is 5.69. The highest BCUT2D eigenvalue weighted by Gasteiger charge is 2.53. The van der Waals surface area contributed by atoms with E-state index in [1.807, 2.05) is 13.0 Å². The van der Waals surface area contributed by atoms with Crippen molar-refractivity contribution in [2.24, 2.45) is 11.8 Å². The normalized spacial score (nSPS) is 41.8. The highest BCUT2D eigenvalue weighted by Crippen LogP contribution is 2.35. The molecule has 4 nitrogen and oxygen atoms in total. The minimum atomic E-state index is -1.17. The summed E-state index contributed by atoms with van der Waals surface area (Å²) < 4.78 is 0. The van der Waals surface area contributed by atoms with Crippen LogP contribution in [0.4, 0.5) is 0 Å². The molecule has 0 saturated carbocycles. The van der Waals surface area contributed by atoms with E-state index in [1.54, 1.807) is 6.92 Å². The monoisotopic (exact) mass is 253 g/mol. The Labute approximate surface area is 108 Å². The van der Waals surface area contributed by atoms with Crippen LogP contribution in [0.25, 0.3) is 0 Å². The molecule has 2 aliphatic rings. The average molecular weight is 253 g/mol. The van der Waals surface area contributed by atoms with Crippen molar-refractivity contribution in [3.8, 4) is 0 Å². The first kappa shape index (κ1) is 13.6. The molecule has 2 rings (SSSR count). The van der Waals surface area contributed by atoms with Crippen molar-refractivity contribution in [2.75, 3.05) is 0 Å². The Morgan fingerprint density at radius 2 is 2.33 bits per heavy atom. The number of nitrogens with one attached hydrogen (secondary N) is 1. The highest BCUT2D eigenvalue weighted by atomic mass is 16.3. The lowest BCUT2D eigenvalue weighted by atomic mass is 9.78. The van der Waals surface area contributed by atoms with Crippen molar-refractivity contribution in [1.82, 2.24) is 5.32 Å². The number of allylic oxidation sites excluding steroid dienone is 1. The first-order valence-corrected chi connectivity index (χ1v) is 6.86. The van der Waals surface area contributed by atoms with Gasteiger partial charge in [-0.15, -0.1) is 0 Å². The lowest BCUT2D eigenvalue weighted by Crippen LogP contribution is -2.53. The van der Waals surface area contributed by atoms with Gasteiger partial charge in [-0.2, -0.15) is 0 Å². The van der Waals surface area contributed by atoms with Crippen molar-refractivity contribution in [3.05, 3.63) is 12.2 Å². The van der Waals surface area contributed by atoms with Gasteiger partial charge in [-0.25, -0.2) is 0 Å². The maximum absolute atomic E-state index is 11.8. The van der Waals surface area contributed by atoms with E-state index in [-0.39, 0.29) is 11.8 Å². The van der Waals surface area contributed by atoms with Crippen molar-refractivity contribution in [1.29, 1.82) is 0 Å². The molecule has 102 valence electrons. The Bertz CT molecular complexity index is 351. The van der Waals surface area contributed by atoms with Gasteiger partial charge in [0.2, 0.25) is 5.91 Å². The van der Waals surface area contributed by atoms with Crippen LogP contribution >= 0.6 is 0 Å². The molecule has 1 aliphatic carbocycles. The van der Waals surface area contributed by atoms with Gasteiger partial charge in [-0.05, 0) is 32.6 Å². The maximum Gasteiger partial charge on any atom is 0.226 e. The van der Waals surface area contributed by atoms with E-state index in [1.165, 1.54) is 0 Å². The molecule has 3 N–H and O–H groups in total. The summed E-state index contributed by atoms with van der Waals surface area (Å²) in [5.41, 5.74) is -1.17. The van der Waals surface area contributed by atoms with Gasteiger partial charge in [0, 0.05) is 5.92 Å². The summed E-state index contributed by atoms with van der Waals surface area (Å²) >= 11 is 0. The maximum atomic E-state index is 11.8. The standard InChI is InChI=1S/C14H23NO3/c1-3-10-13(17)15-12(14(10,2)18)11(16)9-7-5-4-6-8-9/h5,7,9-12,16,18H,3-4,6,8H2,1-2H3,(H,15,17)/t9-,10+,11+,12-,14+/m1/s1. The molecule has 0 aromatic rings. The molecule has 0 aromatic carbocycles. The fourth-order valence-electron chi connectivity index (χ4n) is 3.28. The van der Waals surface area contributed by atoms with E-state index in [0.717, 1.165) is 19.3 Å². The van der Waals surface area contributed by atoms with Crippen LogP contribution in [0.15, 0.2) is 12.2 Å². The largest absolute Gasteiger partial charge is 0.390 e. The Hall–Kier alpha value is -0.870. The van der Waals surface area contributed by atoms with Gasteiger partial charge in [-0.3, -0.25) is 4.79 Å². The summed E-state index contributed by atoms with van der Waals surface area (Å²) in [5, 5.41) is 23.7. The van der Waals surface area contributed by atoms with E-state index < -0.39 is 23.7 Å². The molecule has 1 aliphatic heterocycles. The summed E-state index contributed by atoms with van der Waals surface area (Å²) in [6.07, 6.45) is 6.97. The summed E-state index contributed by atoms with van der Waals surface area (Å²) in [5.74, 6) is -0.540. The zero-order chi connectivity index (χ0) is 13.3. The van der Waals surface area contributed by atoms with Crippen molar-refractivity contribution in [3.63, 3.8) is 0 Å². The summed E-state index contributed by atoms with van der Waals surface area (Å²) in [7, 11) is 0. The molecule has 1 heterocycles. The van der Waals surface area contributed by atoms with Crippen molar-refractivity contribution >= 4 is 5.91 Å². The Morgan fingerprint density at radius 3 is 2.83 bits per heavy atom. The van der Waals surface area contributed by atoms with Gasteiger partial charge in [0.1, 0.15) is 0 Å². The number of aliphatic hydroxyl groups excluding tert-OH is 1. The second kappa shape index (κ2) is 5.02. The Morgan fingerprint density at radius 1 is 1.61 bits per heavy atom. The van der Waals surface area contributed by atoms with Crippen LogP contribution in [0.2, 0.25) is 0 Å². The zero-order valence-corrected chi connectivity index (χ0v) is 11.1. The van der Waals surface area contributed by atoms with E-state index in [9.17, 15) is 15.0 Å². The predicted molar refractivity (Wildman–Crippen MR) is 68.8 cm³/mol. The number of hydrogen-bond acceptors (Lipinski definition) is 3. The van der Waals surface area contributed by atoms with Gasteiger partial charge < -0.3 is 15.5 Å². The van der Waals surface area contributed by atoms with E-state index in [0.29, 0.717) is 6.42 Å². The number of rotatable bonds is 3. The van der Waals surface area contributed by atoms with Crippen LogP contribution in [0, 0.1) is 11.8 Å². The van der Waals surface area contributed by atoms with Crippen LogP contribution < -0.4 is 5.32 Å². The molecule has 0 spiro atoms. The van der Waals surface area contributed by atoms with Crippen molar-refractivity contribution < 1.29 is 15.0 Å². The molecule has 4 heteroatoms. The van der Waals surface area contributed by atoms with Gasteiger partial charge in [0.05, 0.1) is 23.7 Å². The highest BCUT2D eigenvalue weighted by molar-refractivity contribution is 5.83. The minimum Gasteiger partial charge on any atom is -0.390 e. The van der Waals surface area contributed by atoms with Crippen LogP contribution in [-0.4, -0.2) is 33.9 Å². The summed E-state index contributed by atoms with van der Waals surface area (Å²) in [6, 6.07) is -0.567. The molecule has 5 atom stereocenters. The lowest BCUT2D eigenvalue weighted by molar-refractivity contribution is -0.125. The molecule has 0 aromatic heterocycles. The van der Waals surface area contributed by atoms with Gasteiger partial charge in [0.25, 0.3) is 0 Å². The molecule has 0 unspecified atom stereocenters. The number of carbonyl (C=O) groups excluding carboxylic acids is 1. The van der Waals surface area contributed by atoms with Gasteiger partial charge in [-0.1, -0.05) is 19.1 Å². The Kier molecular flexibility index (Phi) is 3.78. The average Bonchev–Trinajstić information content (AvgIpc) is 2.59. The SMILES string of the molecule is CC[C@H]1C(=O)N[C@H]([C@@H](O)[C@@H]2C=CCCC2)[C@@]1(C)O. The number of carbonyl (C=O) groups is 1. The minimum absolute atomic E-state index is 0.0335. The number of aliphatic hydroxyl groups is 2. The fourth-order valence-corrected chi connectivity index (χ4v) is 3.28. The Balaban J connectivity index is 2.15. The topological polar surface area (TPSA) is 69.6 Å². The van der Waals surface area contributed by atoms with E-state index in [2.05, 4.69) is 11.4 Å². The lowest BCUT2D eigenvalue weighted by Gasteiger charge is -2.35. The van der Waals surface area contributed by atoms with Crippen LogP contribution in [0.1, 0.15) is 39.5 Å². The molecule has 1 saturated heterocycles. The third-order valence-corrected chi connectivity index (χ3v) is 4.43. The number of amides is 1. The summed E-state index contributed by atoms with van der Waals surface area (Å²) in [4.78, 5) is 11.8. The fraction of sp³-hybridized carbons (Fsp3) is 0.786. The molecular weight excluding hydrogens is 230 g/mol.